The van der Waals surface area contributed by atoms with E-state index in [1.165, 1.54) is 0 Å². The second-order valence-corrected chi connectivity index (χ2v) is 6.37. The quantitative estimate of drug-likeness (QED) is 0.761. The molecule has 0 heterocycles. The van der Waals surface area contributed by atoms with Crippen LogP contribution in [0.4, 0.5) is 0 Å². The number of hydrogen-bond acceptors (Lipinski definition) is 2. The van der Waals surface area contributed by atoms with Crippen molar-refractivity contribution in [3.05, 3.63) is 0 Å². The number of hydrogen-bond donors (Lipinski definition) is 1. The molecule has 0 aromatic carbocycles. The summed E-state index contributed by atoms with van der Waals surface area (Å²) in [7, 11) is 0. The van der Waals surface area contributed by atoms with Crippen molar-refractivity contribution >= 4 is 5.91 Å². The van der Waals surface area contributed by atoms with Crippen LogP contribution in [-0.4, -0.2) is 29.4 Å². The Balaban J connectivity index is 4.92. The Bertz CT molecular complexity index is 262. The van der Waals surface area contributed by atoms with Crippen LogP contribution >= 0.6 is 0 Å². The van der Waals surface area contributed by atoms with Crippen LogP contribution in [0.3, 0.4) is 0 Å². The molecular weight excluding hydrogens is 224 g/mol. The number of amides is 1. The molecule has 0 aromatic heterocycles. The van der Waals surface area contributed by atoms with Gasteiger partial charge in [0.15, 0.2) is 0 Å². The molecule has 0 aliphatic rings. The number of nitrogens with two attached hydrogens (primary N) is 1. The van der Waals surface area contributed by atoms with Gasteiger partial charge in [0.1, 0.15) is 0 Å². The standard InChI is InChI=1S/C15H32N2O/c1-8-12(9-2)11-17(10-3)13(18)14(4,5)15(6,7)16/h12H,8-11,16H2,1-7H3. The topological polar surface area (TPSA) is 46.3 Å². The predicted octanol–water partition coefficient (Wildman–Crippen LogP) is 3.03. The zero-order valence-electron chi connectivity index (χ0n) is 13.3. The van der Waals surface area contributed by atoms with Crippen molar-refractivity contribution in [1.29, 1.82) is 0 Å². The molecule has 0 saturated carbocycles. The van der Waals surface area contributed by atoms with E-state index in [1.807, 2.05) is 39.5 Å². The first-order chi connectivity index (χ1) is 8.11. The highest BCUT2D eigenvalue weighted by Crippen LogP contribution is 2.31. The van der Waals surface area contributed by atoms with E-state index in [2.05, 4.69) is 13.8 Å². The number of rotatable bonds is 7. The van der Waals surface area contributed by atoms with Crippen molar-refractivity contribution in [2.24, 2.45) is 17.1 Å². The largest absolute Gasteiger partial charge is 0.342 e. The second-order valence-electron chi connectivity index (χ2n) is 6.37. The lowest BCUT2D eigenvalue weighted by molar-refractivity contribution is -0.144. The van der Waals surface area contributed by atoms with Gasteiger partial charge in [0.2, 0.25) is 5.91 Å². The van der Waals surface area contributed by atoms with E-state index in [9.17, 15) is 4.79 Å². The van der Waals surface area contributed by atoms with Crippen molar-refractivity contribution < 1.29 is 4.79 Å². The summed E-state index contributed by atoms with van der Waals surface area (Å²) in [6, 6.07) is 0. The van der Waals surface area contributed by atoms with E-state index in [1.54, 1.807) is 0 Å². The van der Waals surface area contributed by atoms with E-state index in [0.717, 1.165) is 25.9 Å². The van der Waals surface area contributed by atoms with Crippen molar-refractivity contribution in [2.45, 2.75) is 66.8 Å². The molecule has 3 heteroatoms. The summed E-state index contributed by atoms with van der Waals surface area (Å²) in [6.07, 6.45) is 2.24. The van der Waals surface area contributed by atoms with Crippen LogP contribution in [0.5, 0.6) is 0 Å². The molecule has 0 bridgehead atoms. The lowest BCUT2D eigenvalue weighted by Gasteiger charge is -2.41. The Morgan fingerprint density at radius 3 is 1.83 bits per heavy atom. The summed E-state index contributed by atoms with van der Waals surface area (Å²) in [6.45, 7) is 15.8. The summed E-state index contributed by atoms with van der Waals surface area (Å²) in [5.41, 5.74) is 5.11. The van der Waals surface area contributed by atoms with Crippen LogP contribution in [-0.2, 0) is 4.79 Å². The maximum atomic E-state index is 12.7. The van der Waals surface area contributed by atoms with E-state index in [4.69, 9.17) is 5.73 Å². The number of carbonyl (C=O) groups excluding carboxylic acids is 1. The number of carbonyl (C=O) groups is 1. The maximum absolute atomic E-state index is 12.7. The van der Waals surface area contributed by atoms with Crippen LogP contribution < -0.4 is 5.73 Å². The molecule has 0 rings (SSSR count). The molecule has 1 amide bonds. The normalized spacial score (nSPS) is 12.9. The predicted molar refractivity (Wildman–Crippen MR) is 78.4 cm³/mol. The minimum atomic E-state index is -0.533. The Labute approximate surface area is 113 Å². The summed E-state index contributed by atoms with van der Waals surface area (Å²) < 4.78 is 0. The van der Waals surface area contributed by atoms with Gasteiger partial charge in [0, 0.05) is 18.6 Å². The van der Waals surface area contributed by atoms with E-state index in [-0.39, 0.29) is 5.91 Å². The zero-order valence-corrected chi connectivity index (χ0v) is 13.3. The fourth-order valence-electron chi connectivity index (χ4n) is 1.89. The summed E-state index contributed by atoms with van der Waals surface area (Å²) in [5.74, 6) is 0.759. The van der Waals surface area contributed by atoms with Gasteiger partial charge >= 0.3 is 0 Å². The Kier molecular flexibility index (Phi) is 6.35. The van der Waals surface area contributed by atoms with E-state index < -0.39 is 11.0 Å². The molecule has 108 valence electrons. The smallest absolute Gasteiger partial charge is 0.230 e. The molecule has 3 nitrogen and oxygen atoms in total. The fraction of sp³-hybridized carbons (Fsp3) is 0.933. The lowest BCUT2D eigenvalue weighted by Crippen LogP contribution is -2.57. The van der Waals surface area contributed by atoms with Gasteiger partial charge in [-0.3, -0.25) is 4.79 Å². The third kappa shape index (κ3) is 3.98. The van der Waals surface area contributed by atoms with E-state index in [0.29, 0.717) is 5.92 Å². The molecule has 0 fully saturated rings. The summed E-state index contributed by atoms with van der Waals surface area (Å²) >= 11 is 0. The van der Waals surface area contributed by atoms with Gasteiger partial charge < -0.3 is 10.6 Å². The van der Waals surface area contributed by atoms with Crippen LogP contribution in [0.25, 0.3) is 0 Å². The van der Waals surface area contributed by atoms with Gasteiger partial charge in [-0.15, -0.1) is 0 Å². The molecule has 0 atom stereocenters. The Hall–Kier alpha value is -0.570. The third-order valence-electron chi connectivity index (χ3n) is 4.45. The average Bonchev–Trinajstić information content (AvgIpc) is 2.28. The monoisotopic (exact) mass is 256 g/mol. The molecular formula is C15H32N2O. The third-order valence-corrected chi connectivity index (χ3v) is 4.45. The van der Waals surface area contributed by atoms with E-state index >= 15 is 0 Å². The van der Waals surface area contributed by atoms with Gasteiger partial charge in [0.05, 0.1) is 5.41 Å². The van der Waals surface area contributed by atoms with Gasteiger partial charge in [-0.1, -0.05) is 26.7 Å². The van der Waals surface area contributed by atoms with Crippen molar-refractivity contribution in [2.75, 3.05) is 13.1 Å². The maximum Gasteiger partial charge on any atom is 0.230 e. The van der Waals surface area contributed by atoms with Crippen molar-refractivity contribution in [1.82, 2.24) is 4.90 Å². The molecule has 0 radical (unpaired) electrons. The van der Waals surface area contributed by atoms with Crippen molar-refractivity contribution in [3.8, 4) is 0 Å². The van der Waals surface area contributed by atoms with Crippen LogP contribution in [0.2, 0.25) is 0 Å². The molecule has 0 aliphatic carbocycles. The first-order valence-corrected chi connectivity index (χ1v) is 7.19. The Morgan fingerprint density at radius 1 is 1.11 bits per heavy atom. The van der Waals surface area contributed by atoms with Crippen molar-refractivity contribution in [3.63, 3.8) is 0 Å². The van der Waals surface area contributed by atoms with Crippen LogP contribution in [0.15, 0.2) is 0 Å². The van der Waals surface area contributed by atoms with Gasteiger partial charge in [-0.2, -0.15) is 0 Å². The fourth-order valence-corrected chi connectivity index (χ4v) is 1.89. The molecule has 2 N–H and O–H groups in total. The summed E-state index contributed by atoms with van der Waals surface area (Å²) in [5, 5.41) is 0. The molecule has 0 aromatic rings. The first-order valence-electron chi connectivity index (χ1n) is 7.19. The lowest BCUT2D eigenvalue weighted by atomic mass is 9.74. The van der Waals surface area contributed by atoms with Gasteiger partial charge in [-0.25, -0.2) is 0 Å². The highest BCUT2D eigenvalue weighted by atomic mass is 16.2. The van der Waals surface area contributed by atoms with Gasteiger partial charge in [0.25, 0.3) is 0 Å². The Morgan fingerprint density at radius 2 is 1.56 bits per heavy atom. The van der Waals surface area contributed by atoms with Crippen LogP contribution in [0.1, 0.15) is 61.3 Å². The zero-order chi connectivity index (χ0) is 14.6. The molecule has 0 saturated heterocycles. The second kappa shape index (κ2) is 6.55. The highest BCUT2D eigenvalue weighted by Gasteiger charge is 2.42. The van der Waals surface area contributed by atoms with Crippen LogP contribution in [0, 0.1) is 11.3 Å². The molecule has 0 aliphatic heterocycles. The minimum absolute atomic E-state index is 0.171. The average molecular weight is 256 g/mol. The first kappa shape index (κ1) is 17.4. The summed E-state index contributed by atoms with van der Waals surface area (Å²) in [4.78, 5) is 14.6. The number of nitrogens with zero attached hydrogens (tertiary/aromatic N) is 1. The highest BCUT2D eigenvalue weighted by molar-refractivity contribution is 5.83. The SMILES string of the molecule is CCC(CC)CN(CC)C(=O)C(C)(C)C(C)(C)N. The minimum Gasteiger partial charge on any atom is -0.342 e. The molecule has 0 spiro atoms. The molecule has 18 heavy (non-hydrogen) atoms. The molecule has 0 unspecified atom stereocenters. The van der Waals surface area contributed by atoms with Gasteiger partial charge in [-0.05, 0) is 40.5 Å².